The number of carbonyl (C=O) groups is 2. The maximum atomic E-state index is 13.2. The summed E-state index contributed by atoms with van der Waals surface area (Å²) in [6.07, 6.45) is 6.93. The Kier molecular flexibility index (Phi) is 6.01. The summed E-state index contributed by atoms with van der Waals surface area (Å²) in [6.45, 7) is 2.48. The highest BCUT2D eigenvalue weighted by molar-refractivity contribution is 14.1. The number of hydrogen-bond acceptors (Lipinski definition) is 7. The molecule has 37 heavy (non-hydrogen) atoms. The molecule has 10 heteroatoms. The number of non-ortho nitro benzene ring substituents is 1. The lowest BCUT2D eigenvalue weighted by molar-refractivity contribution is -0.384. The quantitative estimate of drug-likeness (QED) is 0.108. The number of nitrogens with zero attached hydrogens (tertiary/aromatic N) is 3. The number of imide groups is 1. The van der Waals surface area contributed by atoms with Crippen molar-refractivity contribution in [2.45, 2.75) is 20.0 Å². The second kappa shape index (κ2) is 9.23. The number of amides is 2. The second-order valence-corrected chi connectivity index (χ2v) is 11.0. The lowest BCUT2D eigenvalue weighted by Crippen LogP contribution is -2.40. The number of rotatable bonds is 8. The average Bonchev–Trinajstić information content (AvgIpc) is 3.67. The van der Waals surface area contributed by atoms with E-state index in [2.05, 4.69) is 39.8 Å². The maximum Gasteiger partial charge on any atom is 0.269 e. The molecule has 2 amide bonds. The van der Waals surface area contributed by atoms with Crippen molar-refractivity contribution < 1.29 is 24.0 Å². The van der Waals surface area contributed by atoms with Gasteiger partial charge in [-0.2, -0.15) is 10.1 Å². The molecule has 0 spiro atoms. The minimum Gasteiger partial charge on any atom is -0.490 e. The fraction of sp³-hybridized carbons (Fsp3) is 0.370. The molecule has 0 unspecified atom stereocenters. The van der Waals surface area contributed by atoms with E-state index in [0.717, 1.165) is 20.6 Å². The third-order valence-electron chi connectivity index (χ3n) is 7.82. The molecule has 190 valence electrons. The van der Waals surface area contributed by atoms with Gasteiger partial charge >= 0.3 is 0 Å². The van der Waals surface area contributed by atoms with Crippen LogP contribution in [0.2, 0.25) is 0 Å². The highest BCUT2D eigenvalue weighted by Gasteiger charge is 2.67. The van der Waals surface area contributed by atoms with E-state index in [9.17, 15) is 19.7 Å². The standard InChI is InChI=1S/C27H24IN3O6/c1-2-36-22-10-15(9-21(28)25(22)37-13-14-3-5-16(6-4-14)31(34)35)12-29-30-26(32)23-17-7-8-18(20-11-19(17)20)24(23)27(30)33/h3-10,12,17-20,23-24H,2,11,13H2,1H3/b29-12-/t17-,18-,19-,20-,23-,24+/m0/s1. The molecule has 7 rings (SSSR count). The highest BCUT2D eigenvalue weighted by atomic mass is 127. The van der Waals surface area contributed by atoms with Gasteiger partial charge < -0.3 is 9.47 Å². The van der Waals surface area contributed by atoms with Crippen molar-refractivity contribution in [3.63, 3.8) is 0 Å². The van der Waals surface area contributed by atoms with Gasteiger partial charge in [-0.15, -0.1) is 0 Å². The van der Waals surface area contributed by atoms with E-state index in [0.29, 0.717) is 35.5 Å². The topological polar surface area (TPSA) is 111 Å². The van der Waals surface area contributed by atoms with Gasteiger partial charge in [-0.1, -0.05) is 12.2 Å². The van der Waals surface area contributed by atoms with Crippen molar-refractivity contribution in [2.75, 3.05) is 6.61 Å². The van der Waals surface area contributed by atoms with Crippen molar-refractivity contribution in [3.05, 3.63) is 73.4 Å². The summed E-state index contributed by atoms with van der Waals surface area (Å²) in [5.41, 5.74) is 1.48. The monoisotopic (exact) mass is 613 g/mol. The van der Waals surface area contributed by atoms with Crippen molar-refractivity contribution in [1.29, 1.82) is 0 Å². The van der Waals surface area contributed by atoms with Crippen molar-refractivity contribution in [3.8, 4) is 11.5 Å². The van der Waals surface area contributed by atoms with Gasteiger partial charge in [0, 0.05) is 12.1 Å². The van der Waals surface area contributed by atoms with Crippen LogP contribution in [0.1, 0.15) is 24.5 Å². The Labute approximate surface area is 226 Å². The fourth-order valence-corrected chi connectivity index (χ4v) is 6.90. The fourth-order valence-electron chi connectivity index (χ4n) is 6.11. The highest BCUT2D eigenvalue weighted by Crippen LogP contribution is 2.65. The number of allylic oxidation sites excluding steroid dienone is 2. The van der Waals surface area contributed by atoms with Gasteiger partial charge in [0.1, 0.15) is 6.61 Å². The van der Waals surface area contributed by atoms with Gasteiger partial charge in [0.2, 0.25) is 0 Å². The maximum absolute atomic E-state index is 13.2. The van der Waals surface area contributed by atoms with E-state index in [1.807, 2.05) is 13.0 Å². The first-order valence-corrected chi connectivity index (χ1v) is 13.4. The van der Waals surface area contributed by atoms with Crippen LogP contribution in [-0.2, 0) is 16.2 Å². The van der Waals surface area contributed by atoms with Crippen molar-refractivity contribution in [1.82, 2.24) is 5.01 Å². The molecule has 9 nitrogen and oxygen atoms in total. The molecule has 2 aromatic carbocycles. The van der Waals surface area contributed by atoms with E-state index in [1.54, 1.807) is 18.2 Å². The number of hydrogen-bond donors (Lipinski definition) is 0. The first-order valence-electron chi connectivity index (χ1n) is 12.3. The molecule has 3 fully saturated rings. The SMILES string of the molecule is CCOc1cc(/C=N\N2C(=O)[C@@H]3[C@H]4C=C[C@@H]([C@@H]5C[C@@H]45)[C@@H]3C2=O)cc(I)c1OCc1ccc([N+](=O)[O-])cc1. The van der Waals surface area contributed by atoms with Crippen LogP contribution in [-0.4, -0.2) is 34.6 Å². The van der Waals surface area contributed by atoms with Gasteiger partial charge in [0.25, 0.3) is 17.5 Å². The summed E-state index contributed by atoms with van der Waals surface area (Å²) < 4.78 is 12.6. The summed E-state index contributed by atoms with van der Waals surface area (Å²) in [5.74, 6) is 1.51. The van der Waals surface area contributed by atoms with E-state index < -0.39 is 4.92 Å². The van der Waals surface area contributed by atoms with Gasteiger partial charge in [0.05, 0.1) is 33.2 Å². The number of hydrazone groups is 1. The van der Waals surface area contributed by atoms with Crippen LogP contribution in [0.5, 0.6) is 11.5 Å². The first kappa shape index (κ1) is 24.1. The molecule has 0 N–H and O–H groups in total. The molecule has 5 aliphatic rings. The molecule has 1 saturated heterocycles. The van der Waals surface area contributed by atoms with Crippen LogP contribution in [0, 0.1) is 49.2 Å². The molecule has 0 radical (unpaired) electrons. The Morgan fingerprint density at radius 3 is 2.32 bits per heavy atom. The first-order chi connectivity index (χ1) is 17.9. The smallest absolute Gasteiger partial charge is 0.269 e. The molecule has 6 atom stereocenters. The number of halogens is 1. The molecule has 2 aromatic rings. The van der Waals surface area contributed by atoms with Crippen LogP contribution in [0.25, 0.3) is 0 Å². The summed E-state index contributed by atoms with van der Waals surface area (Å²) in [7, 11) is 0. The normalized spacial score (nSPS) is 29.0. The van der Waals surface area contributed by atoms with Crippen LogP contribution < -0.4 is 9.47 Å². The zero-order valence-electron chi connectivity index (χ0n) is 20.0. The lowest BCUT2D eigenvalue weighted by atomic mass is 9.63. The zero-order valence-corrected chi connectivity index (χ0v) is 22.1. The Bertz CT molecular complexity index is 1320. The van der Waals surface area contributed by atoms with Crippen molar-refractivity contribution in [2.24, 2.45) is 40.6 Å². The van der Waals surface area contributed by atoms with Crippen LogP contribution in [0.3, 0.4) is 0 Å². The number of benzene rings is 2. The zero-order chi connectivity index (χ0) is 25.8. The Morgan fingerprint density at radius 2 is 1.73 bits per heavy atom. The van der Waals surface area contributed by atoms with Gasteiger partial charge in [-0.05, 0) is 95.0 Å². The number of nitro benzene ring substituents is 1. The van der Waals surface area contributed by atoms with Crippen LogP contribution in [0.15, 0.2) is 53.7 Å². The number of nitro groups is 1. The predicted octanol–water partition coefficient (Wildman–Crippen LogP) is 4.56. The molecule has 2 saturated carbocycles. The molecule has 4 aliphatic carbocycles. The van der Waals surface area contributed by atoms with Gasteiger partial charge in [-0.25, -0.2) is 0 Å². The molecule has 1 heterocycles. The molecular formula is C27H24IN3O6. The number of carbonyl (C=O) groups excluding carboxylic acids is 2. The molecule has 2 bridgehead atoms. The second-order valence-electron chi connectivity index (χ2n) is 9.86. The van der Waals surface area contributed by atoms with Gasteiger partial charge in [-0.3, -0.25) is 19.7 Å². The third-order valence-corrected chi connectivity index (χ3v) is 8.63. The third kappa shape index (κ3) is 4.11. The Hall–Kier alpha value is -3.28. The largest absolute Gasteiger partial charge is 0.490 e. The molecule has 0 aromatic heterocycles. The van der Waals surface area contributed by atoms with Crippen LogP contribution in [0.4, 0.5) is 5.69 Å². The summed E-state index contributed by atoms with van der Waals surface area (Å²) in [5, 5.41) is 16.3. The minimum absolute atomic E-state index is 0.0203. The van der Waals surface area contributed by atoms with Gasteiger partial charge in [0.15, 0.2) is 11.5 Å². The van der Waals surface area contributed by atoms with Crippen molar-refractivity contribution >= 4 is 46.3 Å². The van der Waals surface area contributed by atoms with E-state index in [-0.39, 0.29) is 47.8 Å². The lowest BCUT2D eigenvalue weighted by Gasteiger charge is -2.37. The average molecular weight is 613 g/mol. The summed E-state index contributed by atoms with van der Waals surface area (Å²) in [6, 6.07) is 9.79. The number of ether oxygens (including phenoxy) is 2. The summed E-state index contributed by atoms with van der Waals surface area (Å²) in [4.78, 5) is 36.8. The van der Waals surface area contributed by atoms with E-state index >= 15 is 0 Å². The summed E-state index contributed by atoms with van der Waals surface area (Å²) >= 11 is 2.14. The molecule has 1 aliphatic heterocycles. The van der Waals surface area contributed by atoms with E-state index in [1.165, 1.54) is 18.3 Å². The minimum atomic E-state index is -0.443. The molecular weight excluding hydrogens is 589 g/mol. The Balaban J connectivity index is 1.19. The van der Waals surface area contributed by atoms with E-state index in [4.69, 9.17) is 9.47 Å². The predicted molar refractivity (Wildman–Crippen MR) is 142 cm³/mol. The Morgan fingerprint density at radius 1 is 1.08 bits per heavy atom. The van der Waals surface area contributed by atoms with Crippen LogP contribution >= 0.6 is 22.6 Å².